The molecular weight excluding hydrogens is 363 g/mol. The Balaban J connectivity index is 1.61. The monoisotopic (exact) mass is 381 g/mol. The molecule has 0 aliphatic carbocycles. The number of aromatic nitrogens is 2. The minimum absolute atomic E-state index is 0.113. The highest BCUT2D eigenvalue weighted by Crippen LogP contribution is 2.30. The Morgan fingerprint density at radius 2 is 1.70 bits per heavy atom. The van der Waals surface area contributed by atoms with Crippen LogP contribution in [0.2, 0.25) is 0 Å². The number of halogens is 3. The normalized spacial score (nSPS) is 14.6. The van der Waals surface area contributed by atoms with Gasteiger partial charge >= 0.3 is 12.4 Å². The number of amides is 2. The lowest BCUT2D eigenvalue weighted by Crippen LogP contribution is -2.31. The number of ether oxygens (including phenoxy) is 1. The first-order valence-corrected chi connectivity index (χ1v) is 8.40. The Labute approximate surface area is 153 Å². The van der Waals surface area contributed by atoms with Crippen molar-refractivity contribution in [3.05, 3.63) is 36.7 Å². The van der Waals surface area contributed by atoms with Crippen LogP contribution in [0.1, 0.15) is 19.3 Å². The third-order valence-corrected chi connectivity index (χ3v) is 3.90. The fourth-order valence-electron chi connectivity index (χ4n) is 2.71. The minimum atomic E-state index is -4.85. The van der Waals surface area contributed by atoms with E-state index < -0.39 is 18.1 Å². The van der Waals surface area contributed by atoms with Crippen LogP contribution in [0, 0.1) is 0 Å². The molecule has 1 fully saturated rings. The fraction of sp³-hybridized carbons (Fsp3) is 0.353. The van der Waals surface area contributed by atoms with Gasteiger partial charge in [-0.15, -0.1) is 13.2 Å². The number of para-hydroxylation sites is 2. The van der Waals surface area contributed by atoms with Crippen LogP contribution in [0.25, 0.3) is 0 Å². The fourth-order valence-corrected chi connectivity index (χ4v) is 2.71. The van der Waals surface area contributed by atoms with Crippen molar-refractivity contribution in [1.82, 2.24) is 9.97 Å². The number of hydrogen-bond acceptors (Lipinski definition) is 5. The number of anilines is 3. The van der Waals surface area contributed by atoms with Crippen molar-refractivity contribution in [3.8, 4) is 5.75 Å². The predicted molar refractivity (Wildman–Crippen MR) is 93.9 cm³/mol. The smallest absolute Gasteiger partial charge is 0.404 e. The van der Waals surface area contributed by atoms with Gasteiger partial charge in [0, 0.05) is 13.1 Å². The van der Waals surface area contributed by atoms with E-state index in [1.807, 2.05) is 0 Å². The molecule has 2 heterocycles. The van der Waals surface area contributed by atoms with Crippen LogP contribution in [0.3, 0.4) is 0 Å². The van der Waals surface area contributed by atoms with Crippen LogP contribution < -0.4 is 20.3 Å². The Kier molecular flexibility index (Phi) is 5.63. The second-order valence-electron chi connectivity index (χ2n) is 5.94. The first-order valence-electron chi connectivity index (χ1n) is 8.40. The van der Waals surface area contributed by atoms with Crippen molar-refractivity contribution in [2.75, 3.05) is 28.6 Å². The van der Waals surface area contributed by atoms with Crippen LogP contribution in [0.15, 0.2) is 36.7 Å². The summed E-state index contributed by atoms with van der Waals surface area (Å²) in [6.07, 6.45) is 1.42. The summed E-state index contributed by atoms with van der Waals surface area (Å²) in [5, 5.41) is 4.80. The minimum Gasteiger partial charge on any atom is -0.404 e. The molecule has 1 aromatic carbocycles. The number of rotatable bonds is 4. The number of nitrogens with one attached hydrogen (secondary N) is 2. The van der Waals surface area contributed by atoms with Gasteiger partial charge in [-0.1, -0.05) is 12.1 Å². The maximum atomic E-state index is 12.4. The van der Waals surface area contributed by atoms with Crippen LogP contribution in [-0.2, 0) is 0 Å². The molecule has 1 saturated heterocycles. The lowest BCUT2D eigenvalue weighted by Gasteiger charge is -2.26. The van der Waals surface area contributed by atoms with E-state index >= 15 is 0 Å². The summed E-state index contributed by atoms with van der Waals surface area (Å²) in [5.74, 6) is 0.0847. The maximum Gasteiger partial charge on any atom is 0.573 e. The average Bonchev–Trinajstić information content (AvgIpc) is 2.63. The molecule has 144 valence electrons. The highest BCUT2D eigenvalue weighted by Gasteiger charge is 2.32. The number of alkyl halides is 3. The highest BCUT2D eigenvalue weighted by atomic mass is 19.4. The maximum absolute atomic E-state index is 12.4. The van der Waals surface area contributed by atoms with Crippen LogP contribution >= 0.6 is 0 Å². The van der Waals surface area contributed by atoms with Crippen molar-refractivity contribution >= 4 is 23.4 Å². The van der Waals surface area contributed by atoms with Crippen LogP contribution in [0.4, 0.5) is 35.3 Å². The first kappa shape index (κ1) is 18.7. The molecule has 7 nitrogen and oxygen atoms in total. The van der Waals surface area contributed by atoms with E-state index in [9.17, 15) is 18.0 Å². The lowest BCUT2D eigenvalue weighted by molar-refractivity contribution is -0.274. The van der Waals surface area contributed by atoms with Crippen LogP contribution in [-0.4, -0.2) is 35.5 Å². The standard InChI is InChI=1S/C17H18F3N5O2/c18-17(19,20)27-14-7-3-2-6-13(14)24-16(26)23-12-10-21-15(22-11-12)25-8-4-1-5-9-25/h2-3,6-7,10-11H,1,4-5,8-9H2,(H2,23,24,26). The lowest BCUT2D eigenvalue weighted by atomic mass is 10.1. The highest BCUT2D eigenvalue weighted by molar-refractivity contribution is 6.00. The average molecular weight is 381 g/mol. The third kappa shape index (κ3) is 5.47. The molecule has 1 aliphatic rings. The van der Waals surface area contributed by atoms with E-state index in [1.54, 1.807) is 0 Å². The Bertz CT molecular complexity index is 777. The summed E-state index contributed by atoms with van der Waals surface area (Å²) in [7, 11) is 0. The second-order valence-corrected chi connectivity index (χ2v) is 5.94. The zero-order chi connectivity index (χ0) is 19.3. The number of carbonyl (C=O) groups is 1. The van der Waals surface area contributed by atoms with Gasteiger partial charge < -0.3 is 20.3 Å². The molecule has 27 heavy (non-hydrogen) atoms. The van der Waals surface area contributed by atoms with E-state index in [-0.39, 0.29) is 5.69 Å². The summed E-state index contributed by atoms with van der Waals surface area (Å²) < 4.78 is 41.2. The quantitative estimate of drug-likeness (QED) is 0.837. The topological polar surface area (TPSA) is 79.4 Å². The molecule has 0 atom stereocenters. The molecule has 0 radical (unpaired) electrons. The Hall–Kier alpha value is -3.04. The van der Waals surface area contributed by atoms with Gasteiger partial charge in [-0.2, -0.15) is 0 Å². The van der Waals surface area contributed by atoms with Crippen molar-refractivity contribution in [3.63, 3.8) is 0 Å². The SMILES string of the molecule is O=C(Nc1cnc(N2CCCCC2)nc1)Nc1ccccc1OC(F)(F)F. The summed E-state index contributed by atoms with van der Waals surface area (Å²) in [6, 6.07) is 4.53. The zero-order valence-corrected chi connectivity index (χ0v) is 14.3. The number of piperidine rings is 1. The largest absolute Gasteiger partial charge is 0.573 e. The summed E-state index contributed by atoms with van der Waals surface area (Å²) >= 11 is 0. The predicted octanol–water partition coefficient (Wildman–Crippen LogP) is 4.01. The van der Waals surface area contributed by atoms with Crippen molar-refractivity contribution < 1.29 is 22.7 Å². The van der Waals surface area contributed by atoms with E-state index in [2.05, 4.69) is 30.2 Å². The number of benzene rings is 1. The molecule has 0 bridgehead atoms. The first-order chi connectivity index (χ1) is 12.9. The molecule has 10 heteroatoms. The van der Waals surface area contributed by atoms with E-state index in [1.165, 1.54) is 37.0 Å². The molecule has 1 aromatic heterocycles. The number of urea groups is 1. The van der Waals surface area contributed by atoms with Crippen molar-refractivity contribution in [2.45, 2.75) is 25.6 Å². The molecule has 2 N–H and O–H groups in total. The van der Waals surface area contributed by atoms with Gasteiger partial charge in [-0.05, 0) is 31.4 Å². The molecule has 0 spiro atoms. The zero-order valence-electron chi connectivity index (χ0n) is 14.3. The summed E-state index contributed by atoms with van der Waals surface area (Å²) in [4.78, 5) is 22.6. The van der Waals surface area contributed by atoms with Gasteiger partial charge in [0.1, 0.15) is 0 Å². The van der Waals surface area contributed by atoms with Gasteiger partial charge in [0.25, 0.3) is 0 Å². The van der Waals surface area contributed by atoms with Gasteiger partial charge in [-0.3, -0.25) is 0 Å². The van der Waals surface area contributed by atoms with Crippen molar-refractivity contribution in [2.24, 2.45) is 0 Å². The number of nitrogens with zero attached hydrogens (tertiary/aromatic N) is 3. The van der Waals surface area contributed by atoms with E-state index in [0.717, 1.165) is 32.0 Å². The second kappa shape index (κ2) is 8.11. The van der Waals surface area contributed by atoms with Gasteiger partial charge in [0.2, 0.25) is 5.95 Å². The number of hydrogen-bond donors (Lipinski definition) is 2. The van der Waals surface area contributed by atoms with E-state index in [0.29, 0.717) is 11.6 Å². The third-order valence-electron chi connectivity index (χ3n) is 3.90. The van der Waals surface area contributed by atoms with Crippen LogP contribution in [0.5, 0.6) is 5.75 Å². The molecule has 2 amide bonds. The summed E-state index contributed by atoms with van der Waals surface area (Å²) in [6.45, 7) is 1.78. The Morgan fingerprint density at radius 1 is 1.04 bits per heavy atom. The Morgan fingerprint density at radius 3 is 2.37 bits per heavy atom. The van der Waals surface area contributed by atoms with Crippen molar-refractivity contribution in [1.29, 1.82) is 0 Å². The van der Waals surface area contributed by atoms with Gasteiger partial charge in [0.05, 0.1) is 23.8 Å². The van der Waals surface area contributed by atoms with E-state index in [4.69, 9.17) is 0 Å². The molecule has 2 aromatic rings. The molecular formula is C17H18F3N5O2. The molecule has 3 rings (SSSR count). The summed E-state index contributed by atoms with van der Waals surface area (Å²) in [5.41, 5.74) is 0.209. The molecule has 1 aliphatic heterocycles. The number of carbonyl (C=O) groups excluding carboxylic acids is 1. The molecule has 0 unspecified atom stereocenters. The van der Waals surface area contributed by atoms with Gasteiger partial charge in [0.15, 0.2) is 5.75 Å². The molecule has 0 saturated carbocycles. The van der Waals surface area contributed by atoms with Gasteiger partial charge in [-0.25, -0.2) is 14.8 Å².